The number of carbonyl (C=O) groups is 1. The SMILES string of the molecule is Cc1ccc(NC(=O)c2ncccc2N)cc1I. The van der Waals surface area contributed by atoms with E-state index in [1.165, 1.54) is 5.56 Å². The highest BCUT2D eigenvalue weighted by atomic mass is 127. The van der Waals surface area contributed by atoms with Crippen LogP contribution in [0.5, 0.6) is 0 Å². The van der Waals surface area contributed by atoms with Crippen molar-refractivity contribution in [3.8, 4) is 0 Å². The standard InChI is InChI=1S/C13H12IN3O/c1-8-4-5-9(7-10(8)14)17-13(18)12-11(15)3-2-6-16-12/h2-7H,15H2,1H3,(H,17,18). The van der Waals surface area contributed by atoms with Crippen molar-refractivity contribution in [3.05, 3.63) is 51.4 Å². The van der Waals surface area contributed by atoms with Crippen molar-refractivity contribution in [2.75, 3.05) is 11.1 Å². The molecule has 1 heterocycles. The van der Waals surface area contributed by atoms with E-state index in [4.69, 9.17) is 5.73 Å². The van der Waals surface area contributed by atoms with Gasteiger partial charge in [-0.1, -0.05) is 6.07 Å². The third kappa shape index (κ3) is 2.79. The molecule has 1 aromatic heterocycles. The number of aromatic nitrogens is 1. The lowest BCUT2D eigenvalue weighted by molar-refractivity contribution is 0.102. The van der Waals surface area contributed by atoms with E-state index in [0.29, 0.717) is 5.69 Å². The highest BCUT2D eigenvalue weighted by Gasteiger charge is 2.11. The first-order chi connectivity index (χ1) is 8.58. The van der Waals surface area contributed by atoms with E-state index in [0.717, 1.165) is 9.26 Å². The van der Waals surface area contributed by atoms with Crippen molar-refractivity contribution >= 4 is 39.9 Å². The molecule has 0 aliphatic heterocycles. The molecule has 5 heteroatoms. The summed E-state index contributed by atoms with van der Waals surface area (Å²) in [6, 6.07) is 9.07. The molecule has 1 aromatic carbocycles. The molecule has 18 heavy (non-hydrogen) atoms. The summed E-state index contributed by atoms with van der Waals surface area (Å²) in [5, 5.41) is 2.78. The lowest BCUT2D eigenvalue weighted by Gasteiger charge is -2.07. The molecule has 4 nitrogen and oxygen atoms in total. The molecule has 92 valence electrons. The summed E-state index contributed by atoms with van der Waals surface area (Å²) in [5.74, 6) is -0.298. The molecular weight excluding hydrogens is 341 g/mol. The molecular formula is C13H12IN3O. The van der Waals surface area contributed by atoms with Crippen LogP contribution in [0.2, 0.25) is 0 Å². The molecule has 0 aliphatic rings. The van der Waals surface area contributed by atoms with Crippen LogP contribution in [0, 0.1) is 10.5 Å². The van der Waals surface area contributed by atoms with Gasteiger partial charge in [-0.05, 0) is 59.3 Å². The Balaban J connectivity index is 2.22. The van der Waals surface area contributed by atoms with Crippen molar-refractivity contribution in [1.82, 2.24) is 4.98 Å². The zero-order valence-corrected chi connectivity index (χ0v) is 11.9. The molecule has 0 unspecified atom stereocenters. The Kier molecular flexibility index (Phi) is 3.81. The van der Waals surface area contributed by atoms with Crippen LogP contribution in [-0.4, -0.2) is 10.9 Å². The lowest BCUT2D eigenvalue weighted by atomic mass is 10.2. The Hall–Kier alpha value is -1.63. The molecule has 0 radical (unpaired) electrons. The van der Waals surface area contributed by atoms with Gasteiger partial charge >= 0.3 is 0 Å². The molecule has 0 aliphatic carbocycles. The Morgan fingerprint density at radius 3 is 2.83 bits per heavy atom. The van der Waals surface area contributed by atoms with E-state index in [-0.39, 0.29) is 11.6 Å². The van der Waals surface area contributed by atoms with Gasteiger partial charge in [-0.2, -0.15) is 0 Å². The summed E-state index contributed by atoms with van der Waals surface area (Å²) in [6.45, 7) is 2.02. The smallest absolute Gasteiger partial charge is 0.276 e. The molecule has 3 N–H and O–H groups in total. The first-order valence-electron chi connectivity index (χ1n) is 5.36. The topological polar surface area (TPSA) is 68.0 Å². The zero-order chi connectivity index (χ0) is 13.1. The van der Waals surface area contributed by atoms with Gasteiger partial charge in [0.2, 0.25) is 0 Å². The fourth-order valence-corrected chi connectivity index (χ4v) is 1.98. The number of benzene rings is 1. The first-order valence-corrected chi connectivity index (χ1v) is 6.44. The predicted octanol–water partition coefficient (Wildman–Crippen LogP) is 2.83. The molecule has 0 bridgehead atoms. The number of halogens is 1. The lowest BCUT2D eigenvalue weighted by Crippen LogP contribution is -2.15. The van der Waals surface area contributed by atoms with E-state index >= 15 is 0 Å². The quantitative estimate of drug-likeness (QED) is 0.816. The van der Waals surface area contributed by atoms with Crippen LogP contribution in [0.4, 0.5) is 11.4 Å². The van der Waals surface area contributed by atoms with Crippen molar-refractivity contribution < 1.29 is 4.79 Å². The number of nitrogens with zero attached hydrogens (tertiary/aromatic N) is 1. The van der Waals surface area contributed by atoms with Gasteiger partial charge in [-0.15, -0.1) is 0 Å². The number of anilines is 2. The fourth-order valence-electron chi connectivity index (χ4n) is 1.47. The largest absolute Gasteiger partial charge is 0.397 e. The van der Waals surface area contributed by atoms with Crippen LogP contribution >= 0.6 is 22.6 Å². The number of hydrogen-bond acceptors (Lipinski definition) is 3. The van der Waals surface area contributed by atoms with Gasteiger partial charge in [0.05, 0.1) is 5.69 Å². The van der Waals surface area contributed by atoms with Crippen molar-refractivity contribution in [2.24, 2.45) is 0 Å². The Bertz CT molecular complexity index is 599. The number of nitrogens with one attached hydrogen (secondary N) is 1. The summed E-state index contributed by atoms with van der Waals surface area (Å²) < 4.78 is 1.10. The maximum Gasteiger partial charge on any atom is 0.276 e. The van der Waals surface area contributed by atoms with E-state index < -0.39 is 0 Å². The molecule has 0 saturated carbocycles. The Labute approximate surface area is 119 Å². The van der Waals surface area contributed by atoms with Crippen LogP contribution in [0.15, 0.2) is 36.5 Å². The monoisotopic (exact) mass is 353 g/mol. The summed E-state index contributed by atoms with van der Waals surface area (Å²) in [6.07, 6.45) is 1.55. The van der Waals surface area contributed by atoms with Crippen LogP contribution in [0.1, 0.15) is 16.1 Å². The van der Waals surface area contributed by atoms with Crippen molar-refractivity contribution in [3.63, 3.8) is 0 Å². The number of carbonyl (C=O) groups excluding carboxylic acids is 1. The van der Waals surface area contributed by atoms with Crippen molar-refractivity contribution in [1.29, 1.82) is 0 Å². The second-order valence-corrected chi connectivity index (χ2v) is 5.02. The number of nitrogen functional groups attached to an aromatic ring is 1. The molecule has 0 saturated heterocycles. The zero-order valence-electron chi connectivity index (χ0n) is 9.77. The maximum atomic E-state index is 12.0. The molecule has 2 aromatic rings. The van der Waals surface area contributed by atoms with E-state index in [1.54, 1.807) is 18.3 Å². The highest BCUT2D eigenvalue weighted by molar-refractivity contribution is 14.1. The number of rotatable bonds is 2. The average Bonchev–Trinajstić information content (AvgIpc) is 2.34. The highest BCUT2D eigenvalue weighted by Crippen LogP contribution is 2.18. The number of aryl methyl sites for hydroxylation is 1. The molecule has 0 spiro atoms. The second kappa shape index (κ2) is 5.34. The maximum absolute atomic E-state index is 12.0. The Morgan fingerprint density at radius 2 is 2.17 bits per heavy atom. The van der Waals surface area contributed by atoms with Gasteiger partial charge < -0.3 is 11.1 Å². The molecule has 0 atom stereocenters. The van der Waals surface area contributed by atoms with Crippen LogP contribution in [-0.2, 0) is 0 Å². The average molecular weight is 353 g/mol. The van der Waals surface area contributed by atoms with Crippen molar-refractivity contribution in [2.45, 2.75) is 6.92 Å². The van der Waals surface area contributed by atoms with Crippen LogP contribution < -0.4 is 11.1 Å². The number of nitrogens with two attached hydrogens (primary N) is 1. The first kappa shape index (κ1) is 12.8. The second-order valence-electron chi connectivity index (χ2n) is 3.86. The molecule has 0 fully saturated rings. The molecule has 1 amide bonds. The van der Waals surface area contributed by atoms with Gasteiger partial charge in [0.25, 0.3) is 5.91 Å². The number of hydrogen-bond donors (Lipinski definition) is 2. The minimum Gasteiger partial charge on any atom is -0.397 e. The normalized spacial score (nSPS) is 10.1. The summed E-state index contributed by atoms with van der Waals surface area (Å²) in [5.41, 5.74) is 8.23. The van der Waals surface area contributed by atoms with Gasteiger partial charge in [0, 0.05) is 15.5 Å². The third-order valence-electron chi connectivity index (χ3n) is 2.48. The van der Waals surface area contributed by atoms with Gasteiger partial charge in [0.1, 0.15) is 0 Å². The van der Waals surface area contributed by atoms with Gasteiger partial charge in [-0.25, -0.2) is 4.98 Å². The van der Waals surface area contributed by atoms with Gasteiger partial charge in [-0.3, -0.25) is 4.79 Å². The minimum atomic E-state index is -0.298. The van der Waals surface area contributed by atoms with E-state index in [9.17, 15) is 4.79 Å². The fraction of sp³-hybridized carbons (Fsp3) is 0.0769. The summed E-state index contributed by atoms with van der Waals surface area (Å²) in [7, 11) is 0. The Morgan fingerprint density at radius 1 is 1.39 bits per heavy atom. The predicted molar refractivity (Wildman–Crippen MR) is 80.5 cm³/mol. The van der Waals surface area contributed by atoms with Crippen LogP contribution in [0.25, 0.3) is 0 Å². The summed E-state index contributed by atoms with van der Waals surface area (Å²) in [4.78, 5) is 16.0. The third-order valence-corrected chi connectivity index (χ3v) is 3.65. The van der Waals surface area contributed by atoms with E-state index in [2.05, 4.69) is 32.9 Å². The van der Waals surface area contributed by atoms with Crippen LogP contribution in [0.3, 0.4) is 0 Å². The summed E-state index contributed by atoms with van der Waals surface area (Å²) >= 11 is 2.23. The number of amides is 1. The van der Waals surface area contributed by atoms with E-state index in [1.807, 2.05) is 25.1 Å². The molecule has 2 rings (SSSR count). The minimum absolute atomic E-state index is 0.244. The van der Waals surface area contributed by atoms with Gasteiger partial charge in [0.15, 0.2) is 5.69 Å². The number of pyridine rings is 1.